The molecular weight excluding hydrogens is 342 g/mol. The molecule has 0 saturated heterocycles. The van der Waals surface area contributed by atoms with Crippen molar-refractivity contribution in [3.8, 4) is 5.75 Å². The van der Waals surface area contributed by atoms with Crippen molar-refractivity contribution < 1.29 is 23.1 Å². The van der Waals surface area contributed by atoms with Gasteiger partial charge in [0.15, 0.2) is 6.61 Å². The first-order valence-electron chi connectivity index (χ1n) is 8.04. The fourth-order valence-electron chi connectivity index (χ4n) is 2.15. The van der Waals surface area contributed by atoms with Gasteiger partial charge in [-0.1, -0.05) is 43.3 Å². The van der Waals surface area contributed by atoms with Gasteiger partial charge in [0.05, 0.1) is 6.21 Å². The molecule has 0 saturated carbocycles. The van der Waals surface area contributed by atoms with Crippen LogP contribution in [0.5, 0.6) is 5.75 Å². The Kier molecular flexibility index (Phi) is 7.08. The Morgan fingerprint density at radius 1 is 1.19 bits per heavy atom. The van der Waals surface area contributed by atoms with Crippen LogP contribution in [-0.2, 0) is 9.63 Å². The first-order chi connectivity index (χ1) is 12.5. The smallest absolute Gasteiger partial charge is 0.387 e. The maximum atomic E-state index is 12.3. The molecule has 0 aromatic heterocycles. The summed E-state index contributed by atoms with van der Waals surface area (Å²) in [6, 6.07) is 13.7. The molecule has 0 radical (unpaired) electrons. The minimum absolute atomic E-state index is 0.0233. The van der Waals surface area contributed by atoms with Gasteiger partial charge in [0, 0.05) is 11.3 Å². The normalized spacial score (nSPS) is 11.2. The molecule has 2 aromatic rings. The Balaban J connectivity index is 1.87. The van der Waals surface area contributed by atoms with E-state index in [1.165, 1.54) is 12.3 Å². The Morgan fingerprint density at radius 3 is 2.69 bits per heavy atom. The molecule has 2 aromatic carbocycles. The number of oxime groups is 1. The van der Waals surface area contributed by atoms with E-state index in [-0.39, 0.29) is 18.3 Å². The standard InChI is InChI=1S/C19H20F2N2O3/c1-13(2)14-7-5-8-16(10-14)23-18(24)12-25-22-11-15-6-3-4-9-17(15)26-19(20)21/h3-11,13,19H,12H2,1-2H3,(H,23,24)/b22-11+. The fourth-order valence-corrected chi connectivity index (χ4v) is 2.15. The molecule has 0 aliphatic carbocycles. The van der Waals surface area contributed by atoms with Crippen LogP contribution in [0.3, 0.4) is 0 Å². The highest BCUT2D eigenvalue weighted by Crippen LogP contribution is 2.19. The van der Waals surface area contributed by atoms with Crippen LogP contribution < -0.4 is 10.1 Å². The molecule has 2 rings (SSSR count). The number of ether oxygens (including phenoxy) is 1. The van der Waals surface area contributed by atoms with Crippen molar-refractivity contribution >= 4 is 17.8 Å². The lowest BCUT2D eigenvalue weighted by Crippen LogP contribution is -2.17. The van der Waals surface area contributed by atoms with Crippen LogP contribution in [0.25, 0.3) is 0 Å². The third-order valence-electron chi connectivity index (χ3n) is 3.43. The first kappa shape index (κ1) is 19.4. The SMILES string of the molecule is CC(C)c1cccc(NC(=O)CO/N=C/c2ccccc2OC(F)F)c1. The fraction of sp³-hybridized carbons (Fsp3) is 0.263. The van der Waals surface area contributed by atoms with Crippen molar-refractivity contribution in [2.75, 3.05) is 11.9 Å². The van der Waals surface area contributed by atoms with Gasteiger partial charge in [-0.05, 0) is 35.7 Å². The topological polar surface area (TPSA) is 59.9 Å². The van der Waals surface area contributed by atoms with Gasteiger partial charge < -0.3 is 14.9 Å². The highest BCUT2D eigenvalue weighted by Gasteiger charge is 2.08. The number of carbonyl (C=O) groups excluding carboxylic acids is 1. The van der Waals surface area contributed by atoms with E-state index >= 15 is 0 Å². The Morgan fingerprint density at radius 2 is 1.96 bits per heavy atom. The van der Waals surface area contributed by atoms with Crippen LogP contribution in [-0.4, -0.2) is 25.3 Å². The molecule has 1 amide bonds. The largest absolute Gasteiger partial charge is 0.434 e. The van der Waals surface area contributed by atoms with Gasteiger partial charge in [-0.15, -0.1) is 0 Å². The lowest BCUT2D eigenvalue weighted by molar-refractivity contribution is -0.120. The molecule has 26 heavy (non-hydrogen) atoms. The molecule has 0 aliphatic rings. The van der Waals surface area contributed by atoms with E-state index in [9.17, 15) is 13.6 Å². The Hall–Kier alpha value is -2.96. The summed E-state index contributed by atoms with van der Waals surface area (Å²) in [4.78, 5) is 16.8. The van der Waals surface area contributed by atoms with Crippen molar-refractivity contribution in [2.45, 2.75) is 26.4 Å². The maximum Gasteiger partial charge on any atom is 0.387 e. The highest BCUT2D eigenvalue weighted by molar-refractivity contribution is 5.91. The molecule has 7 heteroatoms. The van der Waals surface area contributed by atoms with Crippen LogP contribution in [0.4, 0.5) is 14.5 Å². The Bertz CT molecular complexity index is 764. The predicted molar refractivity (Wildman–Crippen MR) is 95.8 cm³/mol. The number of anilines is 1. The number of alkyl halides is 2. The number of benzene rings is 2. The summed E-state index contributed by atoms with van der Waals surface area (Å²) in [5.74, 6) is -0.0480. The zero-order valence-corrected chi connectivity index (χ0v) is 14.5. The lowest BCUT2D eigenvalue weighted by Gasteiger charge is -2.09. The minimum Gasteiger partial charge on any atom is -0.434 e. The highest BCUT2D eigenvalue weighted by atomic mass is 19.3. The van der Waals surface area contributed by atoms with Crippen LogP contribution in [0.15, 0.2) is 53.7 Å². The molecule has 0 unspecified atom stereocenters. The van der Waals surface area contributed by atoms with E-state index in [2.05, 4.69) is 29.1 Å². The van der Waals surface area contributed by atoms with Gasteiger partial charge >= 0.3 is 6.61 Å². The van der Waals surface area contributed by atoms with Crippen molar-refractivity contribution in [2.24, 2.45) is 5.16 Å². The Labute approximate surface area is 150 Å². The molecule has 0 bridgehead atoms. The van der Waals surface area contributed by atoms with Crippen molar-refractivity contribution in [3.05, 3.63) is 59.7 Å². The van der Waals surface area contributed by atoms with Crippen LogP contribution >= 0.6 is 0 Å². The number of rotatable bonds is 8. The van der Waals surface area contributed by atoms with E-state index in [0.29, 0.717) is 17.2 Å². The van der Waals surface area contributed by atoms with Gasteiger partial charge in [0.25, 0.3) is 5.91 Å². The summed E-state index contributed by atoms with van der Waals surface area (Å²) in [5, 5.41) is 6.34. The molecule has 0 aliphatic heterocycles. The third kappa shape index (κ3) is 6.16. The molecule has 0 heterocycles. The van der Waals surface area contributed by atoms with E-state index in [1.807, 2.05) is 18.2 Å². The number of amides is 1. The van der Waals surface area contributed by atoms with Crippen molar-refractivity contribution in [3.63, 3.8) is 0 Å². The summed E-state index contributed by atoms with van der Waals surface area (Å²) in [6.07, 6.45) is 1.21. The zero-order valence-electron chi connectivity index (χ0n) is 14.5. The molecule has 138 valence electrons. The van der Waals surface area contributed by atoms with Crippen LogP contribution in [0.2, 0.25) is 0 Å². The van der Waals surface area contributed by atoms with Crippen molar-refractivity contribution in [1.29, 1.82) is 0 Å². The molecule has 0 atom stereocenters. The van der Waals surface area contributed by atoms with E-state index < -0.39 is 6.61 Å². The number of carbonyl (C=O) groups is 1. The van der Waals surface area contributed by atoms with E-state index in [1.54, 1.807) is 24.3 Å². The second-order valence-corrected chi connectivity index (χ2v) is 5.75. The number of hydrogen-bond donors (Lipinski definition) is 1. The number of para-hydroxylation sites is 1. The summed E-state index contributed by atoms with van der Waals surface area (Å²) in [5.41, 5.74) is 2.10. The molecule has 0 fully saturated rings. The van der Waals surface area contributed by atoms with E-state index in [4.69, 9.17) is 4.84 Å². The number of halogens is 2. The summed E-state index contributed by atoms with van der Waals surface area (Å²) in [6.45, 7) is 0.890. The number of nitrogens with zero attached hydrogens (tertiary/aromatic N) is 1. The number of hydrogen-bond acceptors (Lipinski definition) is 4. The third-order valence-corrected chi connectivity index (χ3v) is 3.43. The second kappa shape index (κ2) is 9.50. The molecule has 1 N–H and O–H groups in total. The lowest BCUT2D eigenvalue weighted by atomic mass is 10.0. The van der Waals surface area contributed by atoms with Gasteiger partial charge in [-0.2, -0.15) is 8.78 Å². The molecule has 5 nitrogen and oxygen atoms in total. The monoisotopic (exact) mass is 362 g/mol. The maximum absolute atomic E-state index is 12.3. The molecular formula is C19H20F2N2O3. The first-order valence-corrected chi connectivity index (χ1v) is 8.04. The van der Waals surface area contributed by atoms with Crippen LogP contribution in [0.1, 0.15) is 30.9 Å². The minimum atomic E-state index is -2.93. The van der Waals surface area contributed by atoms with E-state index in [0.717, 1.165) is 5.56 Å². The average Bonchev–Trinajstić information content (AvgIpc) is 2.59. The van der Waals surface area contributed by atoms with Crippen molar-refractivity contribution in [1.82, 2.24) is 0 Å². The zero-order chi connectivity index (χ0) is 18.9. The summed E-state index contributed by atoms with van der Waals surface area (Å²) < 4.78 is 29.0. The predicted octanol–water partition coefficient (Wildman–Crippen LogP) is 4.40. The van der Waals surface area contributed by atoms with Gasteiger partial charge in [0.2, 0.25) is 0 Å². The molecule has 0 spiro atoms. The van der Waals surface area contributed by atoms with Gasteiger partial charge in [-0.25, -0.2) is 0 Å². The second-order valence-electron chi connectivity index (χ2n) is 5.75. The van der Waals surface area contributed by atoms with Gasteiger partial charge in [-0.3, -0.25) is 4.79 Å². The quantitative estimate of drug-likeness (QED) is 0.559. The summed E-state index contributed by atoms with van der Waals surface area (Å²) >= 11 is 0. The summed E-state index contributed by atoms with van der Waals surface area (Å²) in [7, 11) is 0. The van der Waals surface area contributed by atoms with Gasteiger partial charge in [0.1, 0.15) is 5.75 Å². The van der Waals surface area contributed by atoms with Crippen LogP contribution in [0, 0.1) is 0 Å². The number of nitrogens with one attached hydrogen (secondary N) is 1. The average molecular weight is 362 g/mol.